The molecule has 0 bridgehead atoms. The monoisotopic (exact) mass is 596 g/mol. The van der Waals surface area contributed by atoms with Gasteiger partial charge in [0.1, 0.15) is 21.7 Å². The summed E-state index contributed by atoms with van der Waals surface area (Å²) in [7, 11) is 1.60. The van der Waals surface area contributed by atoms with Gasteiger partial charge >= 0.3 is 11.7 Å². The van der Waals surface area contributed by atoms with Crippen molar-refractivity contribution >= 4 is 43.5 Å². The van der Waals surface area contributed by atoms with E-state index >= 15 is 0 Å². The first-order valence-electron chi connectivity index (χ1n) is 12.6. The van der Waals surface area contributed by atoms with E-state index in [9.17, 15) is 14.4 Å². The Bertz CT molecular complexity index is 1330. The molecule has 0 aliphatic rings. The van der Waals surface area contributed by atoms with Gasteiger partial charge in [0, 0.05) is 6.54 Å². The summed E-state index contributed by atoms with van der Waals surface area (Å²) in [5, 5.41) is 0.420. The first kappa shape index (κ1) is 32.6. The fourth-order valence-electron chi connectivity index (χ4n) is 3.65. The maximum atomic E-state index is 13.7. The van der Waals surface area contributed by atoms with Crippen molar-refractivity contribution < 1.29 is 14.3 Å². The van der Waals surface area contributed by atoms with E-state index in [1.54, 1.807) is 32.4 Å². The molecule has 0 amide bonds. The van der Waals surface area contributed by atoms with E-state index in [0.717, 1.165) is 25.2 Å². The van der Waals surface area contributed by atoms with Gasteiger partial charge in [0.05, 0.1) is 16.3 Å². The van der Waals surface area contributed by atoms with Gasteiger partial charge in [-0.25, -0.2) is 14.2 Å². The fourth-order valence-corrected chi connectivity index (χ4v) is 5.35. The van der Waals surface area contributed by atoms with Crippen LogP contribution in [0.5, 0.6) is 5.75 Å². The van der Waals surface area contributed by atoms with E-state index in [0.29, 0.717) is 23.2 Å². The third-order valence-electron chi connectivity index (χ3n) is 5.41. The number of carbonyl (C=O) groups excluding carboxylic acids is 1. The topological polar surface area (TPSA) is 79.5 Å². The Balaban J connectivity index is 0.00000163. The number of para-hydroxylation sites is 1. The molecule has 3 aromatic rings. The van der Waals surface area contributed by atoms with Gasteiger partial charge in [-0.2, -0.15) is 0 Å². The van der Waals surface area contributed by atoms with Gasteiger partial charge in [0.25, 0.3) is 5.56 Å². The summed E-state index contributed by atoms with van der Waals surface area (Å²) in [6.07, 6.45) is 0.513. The molecule has 0 fully saturated rings. The van der Waals surface area contributed by atoms with E-state index < -0.39 is 28.4 Å². The molecule has 7 nitrogen and oxygen atoms in total. The lowest BCUT2D eigenvalue weighted by molar-refractivity contribution is -0.164. The summed E-state index contributed by atoms with van der Waals surface area (Å²) < 4.78 is 14.3. The molecular weight excluding hydrogens is 556 g/mol. The van der Waals surface area contributed by atoms with Crippen molar-refractivity contribution in [1.82, 2.24) is 9.13 Å². The van der Waals surface area contributed by atoms with E-state index in [-0.39, 0.29) is 0 Å². The molecule has 0 spiro atoms. The van der Waals surface area contributed by atoms with Crippen LogP contribution in [0.25, 0.3) is 10.2 Å². The van der Waals surface area contributed by atoms with Crippen molar-refractivity contribution in [3.63, 3.8) is 0 Å². The minimum Gasteiger partial charge on any atom is -0.496 e. The molecule has 2 aromatic heterocycles. The first-order valence-corrected chi connectivity index (χ1v) is 14.2. The second kappa shape index (κ2) is 13.4. The van der Waals surface area contributed by atoms with Crippen molar-refractivity contribution in [1.29, 1.82) is 0 Å². The standard InChI is InChI=1S/C24H29BrN2O5S.2C2H6/c1-14-17-19(28)27(24(5,6)21(29)32-23(2,3)4)22(30)26(20(17)33-18(14)25)13-12-15-10-8-9-11-16(15)31-7;2*1-2/h8-11H,12-13H2,1-7H3;2*1-2H3. The number of hydrogen-bond donors (Lipinski definition) is 0. The number of benzene rings is 1. The number of methoxy groups -OCH3 is 1. The number of halogens is 1. The van der Waals surface area contributed by atoms with E-state index in [4.69, 9.17) is 9.47 Å². The summed E-state index contributed by atoms with van der Waals surface area (Å²) in [5.41, 5.74) is -1.63. The zero-order valence-corrected chi connectivity index (χ0v) is 26.3. The van der Waals surface area contributed by atoms with Crippen LogP contribution in [0, 0.1) is 6.92 Å². The van der Waals surface area contributed by atoms with Crippen molar-refractivity contribution in [2.75, 3.05) is 7.11 Å². The van der Waals surface area contributed by atoms with Gasteiger partial charge in [0.15, 0.2) is 0 Å². The number of nitrogens with zero attached hydrogens (tertiary/aromatic N) is 2. The highest BCUT2D eigenvalue weighted by Gasteiger charge is 2.38. The molecule has 0 atom stereocenters. The SMILES string of the molecule is CC.CC.COc1ccccc1CCn1c(=O)n(C(C)(C)C(=O)OC(C)(C)C)c(=O)c2c(C)c(Br)sc21. The normalized spacial score (nSPS) is 11.2. The predicted molar refractivity (Wildman–Crippen MR) is 157 cm³/mol. The molecule has 0 aliphatic heterocycles. The molecule has 0 aliphatic carbocycles. The lowest BCUT2D eigenvalue weighted by Gasteiger charge is -2.30. The summed E-state index contributed by atoms with van der Waals surface area (Å²) in [5.74, 6) is 0.0875. The molecule has 0 N–H and O–H groups in total. The molecule has 3 rings (SSSR count). The third kappa shape index (κ3) is 7.13. The van der Waals surface area contributed by atoms with E-state index in [2.05, 4.69) is 15.9 Å². The van der Waals surface area contributed by atoms with Crippen LogP contribution in [0.15, 0.2) is 37.6 Å². The number of rotatable bonds is 6. The summed E-state index contributed by atoms with van der Waals surface area (Å²) in [6.45, 7) is 18.5. The molecule has 0 unspecified atom stereocenters. The second-order valence-electron chi connectivity index (χ2n) is 9.38. The van der Waals surface area contributed by atoms with Crippen molar-refractivity contribution in [3.05, 3.63) is 60.0 Å². The van der Waals surface area contributed by atoms with Crippen LogP contribution in [-0.4, -0.2) is 27.8 Å². The van der Waals surface area contributed by atoms with Crippen molar-refractivity contribution in [2.24, 2.45) is 0 Å². The molecule has 37 heavy (non-hydrogen) atoms. The molecule has 9 heteroatoms. The summed E-state index contributed by atoms with van der Waals surface area (Å²) in [6, 6.07) is 7.61. The highest BCUT2D eigenvalue weighted by molar-refractivity contribution is 9.11. The number of hydrogen-bond acceptors (Lipinski definition) is 6. The number of carbonyl (C=O) groups is 1. The Morgan fingerprint density at radius 3 is 2.14 bits per heavy atom. The van der Waals surface area contributed by atoms with Gasteiger partial charge in [0.2, 0.25) is 0 Å². The molecular formula is C28H41BrN2O5S. The lowest BCUT2D eigenvalue weighted by Crippen LogP contribution is -2.54. The lowest BCUT2D eigenvalue weighted by atomic mass is 10.0. The van der Waals surface area contributed by atoms with Gasteiger partial charge in [-0.1, -0.05) is 45.9 Å². The second-order valence-corrected chi connectivity index (χ2v) is 11.7. The molecule has 206 valence electrons. The Morgan fingerprint density at radius 1 is 1.03 bits per heavy atom. The van der Waals surface area contributed by atoms with Crippen LogP contribution in [0.4, 0.5) is 0 Å². The fraction of sp³-hybridized carbons (Fsp3) is 0.536. The van der Waals surface area contributed by atoms with Crippen LogP contribution in [0.3, 0.4) is 0 Å². The van der Waals surface area contributed by atoms with Crippen LogP contribution in [0.2, 0.25) is 0 Å². The molecule has 2 heterocycles. The quantitative estimate of drug-likeness (QED) is 0.297. The van der Waals surface area contributed by atoms with Crippen LogP contribution in [0.1, 0.15) is 73.4 Å². The van der Waals surface area contributed by atoms with Crippen LogP contribution >= 0.6 is 27.3 Å². The number of aryl methyl sites for hydroxylation is 3. The Hall–Kier alpha value is -2.39. The van der Waals surface area contributed by atoms with Crippen LogP contribution in [-0.2, 0) is 28.0 Å². The number of ether oxygens (including phenoxy) is 2. The van der Waals surface area contributed by atoms with Gasteiger partial charge in [-0.3, -0.25) is 9.36 Å². The average Bonchev–Trinajstić information content (AvgIpc) is 3.14. The van der Waals surface area contributed by atoms with Gasteiger partial charge in [-0.05, 0) is 81.1 Å². The van der Waals surface area contributed by atoms with Gasteiger partial charge in [-0.15, -0.1) is 11.3 Å². The van der Waals surface area contributed by atoms with Gasteiger partial charge < -0.3 is 9.47 Å². The molecule has 0 radical (unpaired) electrons. The molecule has 1 aromatic carbocycles. The van der Waals surface area contributed by atoms with E-state index in [1.807, 2.05) is 58.9 Å². The Kier molecular flexibility index (Phi) is 11.8. The number of fused-ring (bicyclic) bond motifs is 1. The number of esters is 1. The third-order valence-corrected chi connectivity index (χ3v) is 7.59. The number of thiophene rings is 1. The zero-order chi connectivity index (χ0) is 28.7. The first-order chi connectivity index (χ1) is 17.3. The largest absolute Gasteiger partial charge is 0.496 e. The smallest absolute Gasteiger partial charge is 0.333 e. The molecule has 0 saturated heterocycles. The predicted octanol–water partition coefficient (Wildman–Crippen LogP) is 6.68. The van der Waals surface area contributed by atoms with Crippen molar-refractivity contribution in [3.8, 4) is 5.75 Å². The van der Waals surface area contributed by atoms with Crippen molar-refractivity contribution in [2.45, 2.75) is 93.3 Å². The Labute approximate surface area is 232 Å². The van der Waals surface area contributed by atoms with E-state index in [1.165, 1.54) is 25.2 Å². The Morgan fingerprint density at radius 2 is 1.59 bits per heavy atom. The minimum atomic E-state index is -1.50. The summed E-state index contributed by atoms with van der Waals surface area (Å²) in [4.78, 5) is 40.8. The highest BCUT2D eigenvalue weighted by atomic mass is 79.9. The van der Waals surface area contributed by atoms with Crippen LogP contribution < -0.4 is 16.0 Å². The summed E-state index contributed by atoms with van der Waals surface area (Å²) >= 11 is 4.84. The minimum absolute atomic E-state index is 0.312. The maximum Gasteiger partial charge on any atom is 0.333 e. The molecule has 0 saturated carbocycles. The maximum absolute atomic E-state index is 13.7. The highest BCUT2D eigenvalue weighted by Crippen LogP contribution is 2.33. The average molecular weight is 598 g/mol. The zero-order valence-electron chi connectivity index (χ0n) is 23.9. The number of aromatic nitrogens is 2.